The van der Waals surface area contributed by atoms with Gasteiger partial charge in [-0.15, -0.1) is 0 Å². The number of piperidine rings is 1. The lowest BCUT2D eigenvalue weighted by Crippen LogP contribution is -2.53. The standard InChI is InChI=1S/C19H35N3O3/c1-14(2)17(21-8-6-4-5-7-9-21)11-20-19(25)22-12-15(3)10-16(13-22)18(23)24/h14-17H,4-13H2,1-3H3,(H,20,25)(H,23,24). The number of aliphatic carboxylic acids is 1. The third-order valence-electron chi connectivity index (χ3n) is 5.64. The van der Waals surface area contributed by atoms with E-state index < -0.39 is 11.9 Å². The molecule has 0 spiro atoms. The molecule has 2 heterocycles. The van der Waals surface area contributed by atoms with Crippen LogP contribution in [0.1, 0.15) is 52.9 Å². The molecule has 0 bridgehead atoms. The normalized spacial score (nSPS) is 27.0. The summed E-state index contributed by atoms with van der Waals surface area (Å²) in [5, 5.41) is 12.4. The lowest BCUT2D eigenvalue weighted by Gasteiger charge is -2.37. The van der Waals surface area contributed by atoms with Crippen molar-refractivity contribution in [3.05, 3.63) is 0 Å². The molecule has 2 saturated heterocycles. The number of nitrogens with zero attached hydrogens (tertiary/aromatic N) is 2. The van der Waals surface area contributed by atoms with Crippen molar-refractivity contribution < 1.29 is 14.7 Å². The summed E-state index contributed by atoms with van der Waals surface area (Å²) >= 11 is 0. The van der Waals surface area contributed by atoms with Crippen molar-refractivity contribution in [3.8, 4) is 0 Å². The molecule has 0 aliphatic carbocycles. The third kappa shape index (κ3) is 5.87. The number of carboxylic acids is 1. The second kappa shape index (κ2) is 9.41. The molecule has 25 heavy (non-hydrogen) atoms. The van der Waals surface area contributed by atoms with Crippen LogP contribution in [0.3, 0.4) is 0 Å². The molecule has 3 unspecified atom stereocenters. The Hall–Kier alpha value is -1.30. The molecule has 0 saturated carbocycles. The van der Waals surface area contributed by atoms with Gasteiger partial charge in [0.1, 0.15) is 0 Å². The predicted molar refractivity (Wildman–Crippen MR) is 98.5 cm³/mol. The first-order valence-electron chi connectivity index (χ1n) is 9.88. The van der Waals surface area contributed by atoms with E-state index in [9.17, 15) is 14.7 Å². The van der Waals surface area contributed by atoms with Crippen LogP contribution < -0.4 is 5.32 Å². The zero-order valence-electron chi connectivity index (χ0n) is 16.0. The van der Waals surface area contributed by atoms with Crippen LogP contribution in [-0.4, -0.2) is 65.7 Å². The number of carboxylic acid groups (broad SMARTS) is 1. The van der Waals surface area contributed by atoms with E-state index >= 15 is 0 Å². The molecule has 144 valence electrons. The molecule has 2 amide bonds. The molecular formula is C19H35N3O3. The van der Waals surface area contributed by atoms with Gasteiger partial charge in [0.05, 0.1) is 5.92 Å². The fraction of sp³-hybridized carbons (Fsp3) is 0.895. The maximum Gasteiger partial charge on any atom is 0.317 e. The van der Waals surface area contributed by atoms with Crippen molar-refractivity contribution in [3.63, 3.8) is 0 Å². The van der Waals surface area contributed by atoms with Crippen LogP contribution in [0.15, 0.2) is 0 Å². The van der Waals surface area contributed by atoms with Crippen LogP contribution in [-0.2, 0) is 4.79 Å². The minimum atomic E-state index is -0.797. The zero-order valence-corrected chi connectivity index (χ0v) is 16.0. The Bertz CT molecular complexity index is 447. The minimum Gasteiger partial charge on any atom is -0.481 e. The summed E-state index contributed by atoms with van der Waals surface area (Å²) in [6.45, 7) is 10.3. The number of carbonyl (C=O) groups excluding carboxylic acids is 1. The van der Waals surface area contributed by atoms with Crippen molar-refractivity contribution in [1.82, 2.24) is 15.1 Å². The first-order chi connectivity index (χ1) is 11.9. The van der Waals surface area contributed by atoms with Crippen LogP contribution in [0.4, 0.5) is 4.79 Å². The van der Waals surface area contributed by atoms with Gasteiger partial charge in [-0.05, 0) is 44.2 Å². The quantitative estimate of drug-likeness (QED) is 0.797. The summed E-state index contributed by atoms with van der Waals surface area (Å²) in [5.41, 5.74) is 0. The highest BCUT2D eigenvalue weighted by Gasteiger charge is 2.32. The molecule has 2 N–H and O–H groups in total. The lowest BCUT2D eigenvalue weighted by molar-refractivity contribution is -0.143. The van der Waals surface area contributed by atoms with Gasteiger partial charge in [0.25, 0.3) is 0 Å². The summed E-state index contributed by atoms with van der Waals surface area (Å²) < 4.78 is 0. The summed E-state index contributed by atoms with van der Waals surface area (Å²) in [6, 6.07) is 0.234. The largest absolute Gasteiger partial charge is 0.481 e. The molecule has 2 aliphatic rings. The molecule has 3 atom stereocenters. The van der Waals surface area contributed by atoms with Gasteiger partial charge in [0.15, 0.2) is 0 Å². The average molecular weight is 354 g/mol. The van der Waals surface area contributed by atoms with Gasteiger partial charge in [-0.2, -0.15) is 0 Å². The van der Waals surface area contributed by atoms with Gasteiger partial charge < -0.3 is 15.3 Å². The summed E-state index contributed by atoms with van der Waals surface area (Å²) in [4.78, 5) is 28.1. The smallest absolute Gasteiger partial charge is 0.317 e. The van der Waals surface area contributed by atoms with Crippen molar-refractivity contribution in [2.24, 2.45) is 17.8 Å². The fourth-order valence-electron chi connectivity index (χ4n) is 4.21. The molecule has 2 fully saturated rings. The second-order valence-corrected chi connectivity index (χ2v) is 8.23. The van der Waals surface area contributed by atoms with Crippen LogP contribution in [0, 0.1) is 17.8 Å². The van der Waals surface area contributed by atoms with Crippen LogP contribution in [0.25, 0.3) is 0 Å². The first kappa shape index (κ1) is 20.0. The highest BCUT2D eigenvalue weighted by atomic mass is 16.4. The van der Waals surface area contributed by atoms with E-state index in [0.717, 1.165) is 13.1 Å². The van der Waals surface area contributed by atoms with E-state index in [1.807, 2.05) is 6.92 Å². The number of urea groups is 1. The van der Waals surface area contributed by atoms with E-state index in [1.165, 1.54) is 25.7 Å². The maximum absolute atomic E-state index is 12.6. The van der Waals surface area contributed by atoms with E-state index in [0.29, 0.717) is 38.0 Å². The van der Waals surface area contributed by atoms with E-state index in [1.54, 1.807) is 4.90 Å². The highest BCUT2D eigenvalue weighted by Crippen LogP contribution is 2.22. The average Bonchev–Trinajstić information content (AvgIpc) is 2.83. The number of amides is 2. The van der Waals surface area contributed by atoms with Gasteiger partial charge in [0.2, 0.25) is 0 Å². The number of hydrogen-bond acceptors (Lipinski definition) is 3. The van der Waals surface area contributed by atoms with Gasteiger partial charge in [-0.25, -0.2) is 4.79 Å². The Morgan fingerprint density at radius 2 is 1.76 bits per heavy atom. The third-order valence-corrected chi connectivity index (χ3v) is 5.64. The fourth-order valence-corrected chi connectivity index (χ4v) is 4.21. The Balaban J connectivity index is 1.90. The number of rotatable bonds is 5. The van der Waals surface area contributed by atoms with Gasteiger partial charge in [-0.1, -0.05) is 33.6 Å². The number of carbonyl (C=O) groups is 2. The van der Waals surface area contributed by atoms with Crippen molar-refractivity contribution >= 4 is 12.0 Å². The Morgan fingerprint density at radius 3 is 2.32 bits per heavy atom. The molecule has 0 radical (unpaired) electrons. The van der Waals surface area contributed by atoms with Crippen LogP contribution in [0.2, 0.25) is 0 Å². The second-order valence-electron chi connectivity index (χ2n) is 8.23. The first-order valence-corrected chi connectivity index (χ1v) is 9.88. The molecule has 6 nitrogen and oxygen atoms in total. The summed E-state index contributed by atoms with van der Waals surface area (Å²) in [5.74, 6) is -0.535. The molecular weight excluding hydrogens is 318 g/mol. The van der Waals surface area contributed by atoms with E-state index in [-0.39, 0.29) is 11.9 Å². The number of hydrogen-bond donors (Lipinski definition) is 2. The molecule has 0 aromatic heterocycles. The topological polar surface area (TPSA) is 72.9 Å². The Labute approximate surface area is 151 Å². The molecule has 0 aromatic carbocycles. The number of nitrogens with one attached hydrogen (secondary N) is 1. The number of likely N-dealkylation sites (tertiary alicyclic amines) is 2. The molecule has 6 heteroatoms. The maximum atomic E-state index is 12.6. The van der Waals surface area contributed by atoms with E-state index in [2.05, 4.69) is 24.1 Å². The van der Waals surface area contributed by atoms with Crippen LogP contribution >= 0.6 is 0 Å². The Kier molecular flexibility index (Phi) is 7.54. The van der Waals surface area contributed by atoms with E-state index in [4.69, 9.17) is 0 Å². The van der Waals surface area contributed by atoms with Gasteiger partial charge in [-0.3, -0.25) is 9.69 Å². The lowest BCUT2D eigenvalue weighted by atomic mass is 9.91. The SMILES string of the molecule is CC1CC(C(=O)O)CN(C(=O)NCC(C(C)C)N2CCCCCC2)C1. The predicted octanol–water partition coefficient (Wildman–Crippen LogP) is 2.64. The summed E-state index contributed by atoms with van der Waals surface area (Å²) in [6.07, 6.45) is 5.73. The van der Waals surface area contributed by atoms with Gasteiger partial charge >= 0.3 is 12.0 Å². The van der Waals surface area contributed by atoms with Crippen LogP contribution in [0.5, 0.6) is 0 Å². The van der Waals surface area contributed by atoms with Crippen molar-refractivity contribution in [1.29, 1.82) is 0 Å². The zero-order chi connectivity index (χ0) is 18.4. The van der Waals surface area contributed by atoms with Crippen molar-refractivity contribution in [2.75, 3.05) is 32.7 Å². The highest BCUT2D eigenvalue weighted by molar-refractivity contribution is 5.76. The molecule has 2 rings (SSSR count). The minimum absolute atomic E-state index is 0.113. The molecule has 0 aromatic rings. The molecule has 2 aliphatic heterocycles. The van der Waals surface area contributed by atoms with Gasteiger partial charge in [0, 0.05) is 25.7 Å². The Morgan fingerprint density at radius 1 is 1.12 bits per heavy atom. The van der Waals surface area contributed by atoms with Crippen molar-refractivity contribution in [2.45, 2.75) is 58.9 Å². The summed E-state index contributed by atoms with van der Waals surface area (Å²) in [7, 11) is 0. The monoisotopic (exact) mass is 353 g/mol.